The molecule has 1 saturated carbocycles. The average Bonchev–Trinajstić information content (AvgIpc) is 2.89. The van der Waals surface area contributed by atoms with Gasteiger partial charge in [0, 0.05) is 19.6 Å². The fourth-order valence-electron chi connectivity index (χ4n) is 2.72. The molecule has 2 rings (SSSR count). The summed E-state index contributed by atoms with van der Waals surface area (Å²) in [5.41, 5.74) is 0. The lowest BCUT2D eigenvalue weighted by molar-refractivity contribution is -0.122. The average molecular weight is 226 g/mol. The number of ether oxygens (including phenoxy) is 1. The number of carbonyl (C=O) groups is 1. The first-order valence-electron chi connectivity index (χ1n) is 6.31. The van der Waals surface area contributed by atoms with E-state index in [9.17, 15) is 4.79 Å². The summed E-state index contributed by atoms with van der Waals surface area (Å²) in [4.78, 5) is 11.8. The van der Waals surface area contributed by atoms with Gasteiger partial charge in [-0.25, -0.2) is 0 Å². The number of rotatable bonds is 4. The number of carbonyl (C=O) groups excluding carboxylic acids is 1. The summed E-state index contributed by atoms with van der Waals surface area (Å²) in [6.07, 6.45) is 5.28. The summed E-state index contributed by atoms with van der Waals surface area (Å²) in [5.74, 6) is 0.759. The van der Waals surface area contributed by atoms with Crippen LogP contribution in [0.3, 0.4) is 0 Å². The summed E-state index contributed by atoms with van der Waals surface area (Å²) >= 11 is 0. The fraction of sp³-hybridized carbons (Fsp3) is 0.917. The van der Waals surface area contributed by atoms with Gasteiger partial charge in [-0.2, -0.15) is 0 Å². The Morgan fingerprint density at radius 3 is 2.94 bits per heavy atom. The highest BCUT2D eigenvalue weighted by molar-refractivity contribution is 5.76. The fourth-order valence-corrected chi connectivity index (χ4v) is 2.72. The Labute approximate surface area is 97.1 Å². The third-order valence-corrected chi connectivity index (χ3v) is 3.72. The maximum absolute atomic E-state index is 11.8. The third kappa shape index (κ3) is 3.19. The Morgan fingerprint density at radius 2 is 2.31 bits per heavy atom. The first kappa shape index (κ1) is 11.9. The predicted molar refractivity (Wildman–Crippen MR) is 62.2 cm³/mol. The van der Waals surface area contributed by atoms with Crippen LogP contribution in [0.1, 0.15) is 32.1 Å². The number of nitrogens with one attached hydrogen (secondary N) is 2. The Morgan fingerprint density at radius 1 is 1.44 bits per heavy atom. The van der Waals surface area contributed by atoms with Crippen molar-refractivity contribution in [3.8, 4) is 0 Å². The molecule has 0 aromatic rings. The quantitative estimate of drug-likeness (QED) is 0.741. The van der Waals surface area contributed by atoms with E-state index in [2.05, 4.69) is 10.6 Å². The van der Waals surface area contributed by atoms with Gasteiger partial charge in [-0.05, 0) is 44.7 Å². The summed E-state index contributed by atoms with van der Waals surface area (Å²) in [5, 5.41) is 6.41. The minimum Gasteiger partial charge on any atom is -0.381 e. The molecule has 4 heteroatoms. The molecule has 2 fully saturated rings. The second kappa shape index (κ2) is 5.64. The molecule has 92 valence electrons. The van der Waals surface area contributed by atoms with Crippen LogP contribution in [-0.4, -0.2) is 38.3 Å². The van der Waals surface area contributed by atoms with Gasteiger partial charge in [0.15, 0.2) is 0 Å². The maximum Gasteiger partial charge on any atom is 0.220 e. The van der Waals surface area contributed by atoms with Crippen LogP contribution >= 0.6 is 0 Å². The minimum absolute atomic E-state index is 0.218. The summed E-state index contributed by atoms with van der Waals surface area (Å²) in [7, 11) is 1.75. The molecule has 4 nitrogen and oxygen atoms in total. The van der Waals surface area contributed by atoms with Crippen LogP contribution in [-0.2, 0) is 9.53 Å². The summed E-state index contributed by atoms with van der Waals surface area (Å²) in [6.45, 7) is 2.06. The number of amides is 1. The third-order valence-electron chi connectivity index (χ3n) is 3.72. The molecule has 3 atom stereocenters. The highest BCUT2D eigenvalue weighted by atomic mass is 16.5. The van der Waals surface area contributed by atoms with Crippen LogP contribution in [0.25, 0.3) is 0 Å². The molecular weight excluding hydrogens is 204 g/mol. The first-order chi connectivity index (χ1) is 7.78. The molecule has 0 aromatic heterocycles. The van der Waals surface area contributed by atoms with Crippen molar-refractivity contribution in [1.82, 2.24) is 10.6 Å². The predicted octanol–water partition coefficient (Wildman–Crippen LogP) is 0.670. The smallest absolute Gasteiger partial charge is 0.220 e. The molecule has 1 amide bonds. The lowest BCUT2D eigenvalue weighted by Crippen LogP contribution is -2.34. The second-order valence-electron chi connectivity index (χ2n) is 5.00. The van der Waals surface area contributed by atoms with Gasteiger partial charge in [0.2, 0.25) is 5.91 Å². The van der Waals surface area contributed by atoms with Crippen molar-refractivity contribution < 1.29 is 9.53 Å². The molecule has 2 N–H and O–H groups in total. The van der Waals surface area contributed by atoms with Gasteiger partial charge in [-0.1, -0.05) is 0 Å². The molecule has 1 aliphatic carbocycles. The van der Waals surface area contributed by atoms with Crippen LogP contribution in [0.2, 0.25) is 0 Å². The lowest BCUT2D eigenvalue weighted by atomic mass is 10.0. The van der Waals surface area contributed by atoms with E-state index in [1.165, 1.54) is 0 Å². The van der Waals surface area contributed by atoms with Gasteiger partial charge >= 0.3 is 0 Å². The van der Waals surface area contributed by atoms with Crippen molar-refractivity contribution in [2.45, 2.75) is 44.2 Å². The maximum atomic E-state index is 11.8. The Hall–Kier alpha value is -0.610. The minimum atomic E-state index is 0.218. The Balaban J connectivity index is 1.67. The van der Waals surface area contributed by atoms with Crippen molar-refractivity contribution in [1.29, 1.82) is 0 Å². The zero-order valence-corrected chi connectivity index (χ0v) is 10.00. The first-order valence-corrected chi connectivity index (χ1v) is 6.31. The highest BCUT2D eigenvalue weighted by Gasteiger charge is 2.26. The van der Waals surface area contributed by atoms with Crippen molar-refractivity contribution in [3.05, 3.63) is 0 Å². The standard InChI is InChI=1S/C12H22N2O2/c1-16-11-3-2-10(7-11)14-12(15)6-9-4-5-13-8-9/h9-11,13H,2-8H2,1H3,(H,14,15). The number of hydrogen-bond acceptors (Lipinski definition) is 3. The van der Waals surface area contributed by atoms with Crippen molar-refractivity contribution >= 4 is 5.91 Å². The number of hydrogen-bond donors (Lipinski definition) is 2. The van der Waals surface area contributed by atoms with Gasteiger partial charge in [0.05, 0.1) is 6.10 Å². The Kier molecular flexibility index (Phi) is 4.18. The van der Waals surface area contributed by atoms with Crippen molar-refractivity contribution in [2.75, 3.05) is 20.2 Å². The molecule has 2 aliphatic rings. The molecule has 0 aromatic carbocycles. The molecule has 3 unspecified atom stereocenters. The van der Waals surface area contributed by atoms with E-state index in [1.807, 2.05) is 0 Å². The number of methoxy groups -OCH3 is 1. The van der Waals surface area contributed by atoms with Gasteiger partial charge < -0.3 is 15.4 Å². The molecule has 0 bridgehead atoms. The van der Waals surface area contributed by atoms with E-state index in [0.29, 0.717) is 24.5 Å². The molecule has 0 radical (unpaired) electrons. The molecule has 1 saturated heterocycles. The SMILES string of the molecule is COC1CCC(NC(=O)CC2CCNC2)C1. The summed E-state index contributed by atoms with van der Waals surface area (Å²) in [6, 6.07) is 0.340. The molecule has 16 heavy (non-hydrogen) atoms. The highest BCUT2D eigenvalue weighted by Crippen LogP contribution is 2.22. The molecule has 1 heterocycles. The molecular formula is C12H22N2O2. The second-order valence-corrected chi connectivity index (χ2v) is 5.00. The monoisotopic (exact) mass is 226 g/mol. The van der Waals surface area contributed by atoms with E-state index >= 15 is 0 Å². The van der Waals surface area contributed by atoms with Crippen molar-refractivity contribution in [3.63, 3.8) is 0 Å². The van der Waals surface area contributed by atoms with Gasteiger partial charge in [0.25, 0.3) is 0 Å². The van der Waals surface area contributed by atoms with Crippen LogP contribution in [0.15, 0.2) is 0 Å². The Bertz CT molecular complexity index is 239. The zero-order chi connectivity index (χ0) is 11.4. The van der Waals surface area contributed by atoms with E-state index < -0.39 is 0 Å². The molecule has 1 aliphatic heterocycles. The van der Waals surface area contributed by atoms with E-state index in [-0.39, 0.29) is 5.91 Å². The van der Waals surface area contributed by atoms with Crippen LogP contribution < -0.4 is 10.6 Å². The van der Waals surface area contributed by atoms with Gasteiger partial charge in [-0.15, -0.1) is 0 Å². The molecule has 0 spiro atoms. The van der Waals surface area contributed by atoms with Crippen LogP contribution in [0.4, 0.5) is 0 Å². The van der Waals surface area contributed by atoms with Crippen molar-refractivity contribution in [2.24, 2.45) is 5.92 Å². The van der Waals surface area contributed by atoms with Gasteiger partial charge in [0.1, 0.15) is 0 Å². The lowest BCUT2D eigenvalue weighted by Gasteiger charge is -2.14. The normalized spacial score (nSPS) is 34.2. The van der Waals surface area contributed by atoms with Crippen LogP contribution in [0, 0.1) is 5.92 Å². The topological polar surface area (TPSA) is 50.4 Å². The van der Waals surface area contributed by atoms with Gasteiger partial charge in [-0.3, -0.25) is 4.79 Å². The zero-order valence-electron chi connectivity index (χ0n) is 10.00. The van der Waals surface area contributed by atoms with E-state index in [1.54, 1.807) is 7.11 Å². The van der Waals surface area contributed by atoms with E-state index in [0.717, 1.165) is 38.8 Å². The summed E-state index contributed by atoms with van der Waals surface area (Å²) < 4.78 is 5.30. The van der Waals surface area contributed by atoms with E-state index in [4.69, 9.17) is 4.74 Å². The van der Waals surface area contributed by atoms with Crippen LogP contribution in [0.5, 0.6) is 0 Å². The largest absolute Gasteiger partial charge is 0.381 e.